The van der Waals surface area contributed by atoms with E-state index in [4.69, 9.17) is 0 Å². The van der Waals surface area contributed by atoms with Crippen LogP contribution in [0.25, 0.3) is 21.9 Å². The molecule has 0 bridgehead atoms. The molecule has 3 aromatic rings. The Morgan fingerprint density at radius 3 is 2.67 bits per heavy atom. The van der Waals surface area contributed by atoms with Gasteiger partial charge in [-0.3, -0.25) is 0 Å². The van der Waals surface area contributed by atoms with Crippen LogP contribution in [0, 0.1) is 13.8 Å². The summed E-state index contributed by atoms with van der Waals surface area (Å²) in [4.78, 5) is 3.45. The summed E-state index contributed by atoms with van der Waals surface area (Å²) in [6.45, 7) is 4.31. The molecule has 3 rings (SSSR count). The molecule has 0 saturated carbocycles. The third-order valence-electron chi connectivity index (χ3n) is 3.35. The first-order chi connectivity index (χ1) is 7.20. The van der Waals surface area contributed by atoms with Gasteiger partial charge >= 0.3 is 0 Å². The lowest BCUT2D eigenvalue weighted by atomic mass is 10.1. The van der Waals surface area contributed by atoms with Crippen molar-refractivity contribution in [3.05, 3.63) is 35.5 Å². The molecule has 1 N–H and O–H groups in total. The molecule has 0 amide bonds. The minimum atomic E-state index is 1.23. The number of nitrogens with one attached hydrogen (secondary N) is 1. The normalized spacial score (nSPS) is 11.7. The van der Waals surface area contributed by atoms with Crippen molar-refractivity contribution in [2.45, 2.75) is 13.8 Å². The molecule has 0 radical (unpaired) electrons. The number of fused-ring (bicyclic) bond motifs is 3. The molecule has 1 aromatic carbocycles. The third-order valence-corrected chi connectivity index (χ3v) is 3.35. The molecule has 2 heterocycles. The predicted octanol–water partition coefficient (Wildman–Crippen LogP) is 3.28. The van der Waals surface area contributed by atoms with Crippen molar-refractivity contribution in [1.82, 2.24) is 9.55 Å². The molecule has 0 fully saturated rings. The SMILES string of the molecule is Cc1[nH]c2c(c1C)c1ccccc1n2C. The van der Waals surface area contributed by atoms with Gasteiger partial charge in [-0.05, 0) is 25.5 Å². The molecule has 0 saturated heterocycles. The fraction of sp³-hybridized carbons (Fsp3) is 0.231. The Morgan fingerprint density at radius 1 is 1.13 bits per heavy atom. The zero-order valence-corrected chi connectivity index (χ0v) is 9.26. The molecule has 0 unspecified atom stereocenters. The van der Waals surface area contributed by atoms with Crippen molar-refractivity contribution in [3.8, 4) is 0 Å². The number of aromatic amines is 1. The maximum absolute atomic E-state index is 3.45. The van der Waals surface area contributed by atoms with Crippen LogP contribution in [0.2, 0.25) is 0 Å². The summed E-state index contributed by atoms with van der Waals surface area (Å²) in [6.07, 6.45) is 0. The van der Waals surface area contributed by atoms with E-state index in [1.807, 2.05) is 0 Å². The van der Waals surface area contributed by atoms with E-state index in [2.05, 4.69) is 54.7 Å². The van der Waals surface area contributed by atoms with Crippen molar-refractivity contribution in [2.24, 2.45) is 7.05 Å². The lowest BCUT2D eigenvalue weighted by Gasteiger charge is -1.96. The van der Waals surface area contributed by atoms with E-state index in [1.165, 1.54) is 33.2 Å². The van der Waals surface area contributed by atoms with Crippen LogP contribution in [-0.4, -0.2) is 9.55 Å². The molecule has 0 aliphatic carbocycles. The van der Waals surface area contributed by atoms with E-state index in [0.717, 1.165) is 0 Å². The lowest BCUT2D eigenvalue weighted by Crippen LogP contribution is -1.87. The molecule has 2 nitrogen and oxygen atoms in total. The highest BCUT2D eigenvalue weighted by molar-refractivity contribution is 6.09. The molecule has 0 aliphatic rings. The summed E-state index contributed by atoms with van der Waals surface area (Å²) in [7, 11) is 2.11. The van der Waals surface area contributed by atoms with Crippen LogP contribution in [0.15, 0.2) is 24.3 Å². The van der Waals surface area contributed by atoms with Crippen LogP contribution in [0.3, 0.4) is 0 Å². The number of para-hydroxylation sites is 1. The van der Waals surface area contributed by atoms with Gasteiger partial charge in [-0.2, -0.15) is 0 Å². The van der Waals surface area contributed by atoms with E-state index in [0.29, 0.717) is 0 Å². The highest BCUT2D eigenvalue weighted by Gasteiger charge is 2.12. The minimum Gasteiger partial charge on any atom is -0.345 e. The number of H-pyrrole nitrogens is 1. The van der Waals surface area contributed by atoms with Crippen LogP contribution in [0.4, 0.5) is 0 Å². The van der Waals surface area contributed by atoms with Crippen LogP contribution in [0.5, 0.6) is 0 Å². The average Bonchev–Trinajstić information content (AvgIpc) is 2.68. The fourth-order valence-corrected chi connectivity index (χ4v) is 2.38. The summed E-state index contributed by atoms with van der Waals surface area (Å²) in [5, 5.41) is 2.71. The minimum absolute atomic E-state index is 1.23. The molecule has 76 valence electrons. The topological polar surface area (TPSA) is 20.7 Å². The van der Waals surface area contributed by atoms with E-state index in [-0.39, 0.29) is 0 Å². The van der Waals surface area contributed by atoms with Crippen molar-refractivity contribution in [2.75, 3.05) is 0 Å². The number of hydrogen-bond donors (Lipinski definition) is 1. The van der Waals surface area contributed by atoms with E-state index >= 15 is 0 Å². The predicted molar refractivity (Wildman–Crippen MR) is 64.2 cm³/mol. The van der Waals surface area contributed by atoms with E-state index in [9.17, 15) is 0 Å². The van der Waals surface area contributed by atoms with Crippen molar-refractivity contribution in [3.63, 3.8) is 0 Å². The Morgan fingerprint density at radius 2 is 1.87 bits per heavy atom. The van der Waals surface area contributed by atoms with Crippen molar-refractivity contribution < 1.29 is 0 Å². The van der Waals surface area contributed by atoms with Gasteiger partial charge in [0, 0.05) is 23.5 Å². The number of aryl methyl sites for hydroxylation is 3. The second-order valence-electron chi connectivity index (χ2n) is 4.17. The van der Waals surface area contributed by atoms with Gasteiger partial charge in [0.25, 0.3) is 0 Å². The second kappa shape index (κ2) is 2.66. The van der Waals surface area contributed by atoms with Crippen molar-refractivity contribution >= 4 is 21.9 Å². The second-order valence-corrected chi connectivity index (χ2v) is 4.17. The highest BCUT2D eigenvalue weighted by Crippen LogP contribution is 2.31. The van der Waals surface area contributed by atoms with Gasteiger partial charge < -0.3 is 9.55 Å². The molecule has 2 aromatic heterocycles. The maximum Gasteiger partial charge on any atom is 0.118 e. The Bertz CT molecular complexity index is 656. The molecular weight excluding hydrogens is 184 g/mol. The van der Waals surface area contributed by atoms with Gasteiger partial charge in [0.2, 0.25) is 0 Å². The van der Waals surface area contributed by atoms with Gasteiger partial charge in [0.05, 0.1) is 5.52 Å². The van der Waals surface area contributed by atoms with Gasteiger partial charge in [0.15, 0.2) is 0 Å². The van der Waals surface area contributed by atoms with Gasteiger partial charge in [-0.1, -0.05) is 18.2 Å². The van der Waals surface area contributed by atoms with Crippen LogP contribution in [0.1, 0.15) is 11.3 Å². The number of nitrogens with zero attached hydrogens (tertiary/aromatic N) is 1. The molecule has 0 spiro atoms. The number of hydrogen-bond acceptors (Lipinski definition) is 0. The molecule has 15 heavy (non-hydrogen) atoms. The highest BCUT2D eigenvalue weighted by atomic mass is 15.0. The summed E-state index contributed by atoms with van der Waals surface area (Å²) in [6, 6.07) is 8.54. The third kappa shape index (κ3) is 0.938. The standard InChI is InChI=1S/C13H14N2/c1-8-9(2)14-13-12(8)10-6-4-5-7-11(10)15(13)3/h4-7,14H,1-3H3. The summed E-state index contributed by atoms with van der Waals surface area (Å²) >= 11 is 0. The zero-order chi connectivity index (χ0) is 10.6. The number of aromatic nitrogens is 2. The van der Waals surface area contributed by atoms with Gasteiger partial charge in [-0.25, -0.2) is 0 Å². The molecule has 2 heteroatoms. The van der Waals surface area contributed by atoms with E-state index < -0.39 is 0 Å². The quantitative estimate of drug-likeness (QED) is 0.572. The summed E-state index contributed by atoms with van der Waals surface area (Å²) in [5.41, 5.74) is 5.15. The molecule has 0 aliphatic heterocycles. The van der Waals surface area contributed by atoms with Gasteiger partial charge in [-0.15, -0.1) is 0 Å². The first-order valence-corrected chi connectivity index (χ1v) is 5.22. The number of benzene rings is 1. The van der Waals surface area contributed by atoms with Crippen LogP contribution < -0.4 is 0 Å². The molecule has 0 atom stereocenters. The fourth-order valence-electron chi connectivity index (χ4n) is 2.38. The Labute approximate surface area is 88.5 Å². The smallest absolute Gasteiger partial charge is 0.118 e. The first-order valence-electron chi connectivity index (χ1n) is 5.22. The van der Waals surface area contributed by atoms with Crippen LogP contribution in [-0.2, 0) is 7.05 Å². The molecular formula is C13H14N2. The summed E-state index contributed by atoms with van der Waals surface area (Å²) in [5.74, 6) is 0. The van der Waals surface area contributed by atoms with Crippen molar-refractivity contribution in [1.29, 1.82) is 0 Å². The number of rotatable bonds is 0. The maximum atomic E-state index is 3.45. The Kier molecular flexibility index (Phi) is 1.52. The van der Waals surface area contributed by atoms with E-state index in [1.54, 1.807) is 0 Å². The first kappa shape index (κ1) is 8.60. The Balaban J connectivity index is 2.68. The monoisotopic (exact) mass is 198 g/mol. The lowest BCUT2D eigenvalue weighted by molar-refractivity contribution is 0.988. The Hall–Kier alpha value is -1.70. The van der Waals surface area contributed by atoms with Gasteiger partial charge in [0.1, 0.15) is 5.65 Å². The summed E-state index contributed by atoms with van der Waals surface area (Å²) < 4.78 is 2.23. The average molecular weight is 198 g/mol. The zero-order valence-electron chi connectivity index (χ0n) is 9.26. The largest absolute Gasteiger partial charge is 0.345 e. The van der Waals surface area contributed by atoms with Crippen LogP contribution >= 0.6 is 0 Å².